The maximum Gasteiger partial charge on any atom is 0.123 e. The molecule has 3 heteroatoms. The molecule has 0 saturated carbocycles. The van der Waals surface area contributed by atoms with Crippen molar-refractivity contribution in [1.82, 2.24) is 0 Å². The van der Waals surface area contributed by atoms with Gasteiger partial charge in [0.25, 0.3) is 0 Å². The lowest BCUT2D eigenvalue weighted by atomic mass is 10.1. The second-order valence-electron chi connectivity index (χ2n) is 4.01. The van der Waals surface area contributed by atoms with Crippen LogP contribution in [0.3, 0.4) is 0 Å². The summed E-state index contributed by atoms with van der Waals surface area (Å²) in [6, 6.07) is 10.4. The highest BCUT2D eigenvalue weighted by Crippen LogP contribution is 2.41. The molecule has 1 nitrogen and oxygen atoms in total. The van der Waals surface area contributed by atoms with E-state index in [0.29, 0.717) is 0 Å². The lowest BCUT2D eigenvalue weighted by Gasteiger charge is -2.13. The van der Waals surface area contributed by atoms with E-state index in [0.717, 1.165) is 5.75 Å². The number of ether oxygens (including phenoxy) is 1. The van der Waals surface area contributed by atoms with Crippen molar-refractivity contribution >= 4 is 27.3 Å². The van der Waals surface area contributed by atoms with Crippen molar-refractivity contribution in [2.45, 2.75) is 18.7 Å². The fourth-order valence-corrected chi connectivity index (χ4v) is 3.98. The Morgan fingerprint density at radius 3 is 2.53 bits per heavy atom. The predicted molar refractivity (Wildman–Crippen MR) is 77.6 cm³/mol. The Labute approximate surface area is 115 Å². The molecule has 0 aliphatic carbocycles. The molecule has 1 atom stereocenters. The summed E-state index contributed by atoms with van der Waals surface area (Å²) in [6.07, 6.45) is 0. The van der Waals surface area contributed by atoms with Crippen LogP contribution in [0.5, 0.6) is 5.75 Å². The van der Waals surface area contributed by atoms with Gasteiger partial charge in [0, 0.05) is 15.3 Å². The van der Waals surface area contributed by atoms with Gasteiger partial charge in [0.15, 0.2) is 0 Å². The Morgan fingerprint density at radius 1 is 1.24 bits per heavy atom. The Bertz CT molecular complexity index is 519. The first kappa shape index (κ1) is 12.7. The molecule has 0 bridgehead atoms. The number of thiophene rings is 1. The van der Waals surface area contributed by atoms with Crippen molar-refractivity contribution in [3.8, 4) is 5.75 Å². The standard InChI is InChI=1S/C14H15BrOS/c1-9-8-10(2)17-14(9)13(15)11-6-4-5-7-12(11)16-3/h4-8,13H,1-3H3. The van der Waals surface area contributed by atoms with Gasteiger partial charge in [-0.3, -0.25) is 0 Å². The molecule has 17 heavy (non-hydrogen) atoms. The summed E-state index contributed by atoms with van der Waals surface area (Å²) in [5, 5.41) is 0. The van der Waals surface area contributed by atoms with E-state index in [9.17, 15) is 0 Å². The number of para-hydroxylation sites is 1. The molecule has 1 aromatic carbocycles. The van der Waals surface area contributed by atoms with Crippen LogP contribution in [-0.4, -0.2) is 7.11 Å². The second-order valence-corrected chi connectivity index (χ2v) is 6.21. The number of aryl methyl sites for hydroxylation is 2. The van der Waals surface area contributed by atoms with Gasteiger partial charge in [-0.15, -0.1) is 11.3 Å². The summed E-state index contributed by atoms with van der Waals surface area (Å²) >= 11 is 5.61. The zero-order chi connectivity index (χ0) is 12.4. The summed E-state index contributed by atoms with van der Waals surface area (Å²) in [7, 11) is 1.71. The Morgan fingerprint density at radius 2 is 1.94 bits per heavy atom. The number of alkyl halides is 1. The first-order valence-corrected chi connectivity index (χ1v) is 7.20. The van der Waals surface area contributed by atoms with E-state index < -0.39 is 0 Å². The fourth-order valence-electron chi connectivity index (χ4n) is 1.93. The van der Waals surface area contributed by atoms with Gasteiger partial charge < -0.3 is 4.74 Å². The third-order valence-electron chi connectivity index (χ3n) is 2.72. The average Bonchev–Trinajstić information content (AvgIpc) is 2.67. The zero-order valence-electron chi connectivity index (χ0n) is 10.2. The van der Waals surface area contributed by atoms with Crippen LogP contribution in [0.1, 0.15) is 25.7 Å². The van der Waals surface area contributed by atoms with Crippen LogP contribution in [-0.2, 0) is 0 Å². The summed E-state index contributed by atoms with van der Waals surface area (Å²) in [5.41, 5.74) is 2.51. The maximum absolute atomic E-state index is 5.41. The molecule has 0 saturated heterocycles. The molecular formula is C14H15BrOS. The normalized spacial score (nSPS) is 12.5. The van der Waals surface area contributed by atoms with Crippen LogP contribution >= 0.6 is 27.3 Å². The number of halogens is 1. The summed E-state index contributed by atoms with van der Waals surface area (Å²) < 4.78 is 5.41. The quantitative estimate of drug-likeness (QED) is 0.736. The van der Waals surface area contributed by atoms with E-state index in [1.807, 2.05) is 29.5 Å². The van der Waals surface area contributed by atoms with Crippen LogP contribution in [0.25, 0.3) is 0 Å². The lowest BCUT2D eigenvalue weighted by molar-refractivity contribution is 0.410. The Balaban J connectivity index is 2.43. The van der Waals surface area contributed by atoms with Crippen LogP contribution in [0.15, 0.2) is 30.3 Å². The number of methoxy groups -OCH3 is 1. The van der Waals surface area contributed by atoms with Gasteiger partial charge in [-0.1, -0.05) is 34.1 Å². The van der Waals surface area contributed by atoms with Crippen LogP contribution in [0, 0.1) is 13.8 Å². The number of rotatable bonds is 3. The van der Waals surface area contributed by atoms with E-state index in [-0.39, 0.29) is 4.83 Å². The van der Waals surface area contributed by atoms with E-state index in [2.05, 4.69) is 41.9 Å². The van der Waals surface area contributed by atoms with E-state index in [4.69, 9.17) is 4.74 Å². The lowest BCUT2D eigenvalue weighted by Crippen LogP contribution is -1.96. The van der Waals surface area contributed by atoms with Crippen molar-refractivity contribution in [2.75, 3.05) is 7.11 Å². The summed E-state index contributed by atoms with van der Waals surface area (Å²) in [4.78, 5) is 2.90. The van der Waals surface area contributed by atoms with Crippen molar-refractivity contribution in [2.24, 2.45) is 0 Å². The first-order valence-electron chi connectivity index (χ1n) is 5.47. The molecule has 1 heterocycles. The molecule has 1 unspecified atom stereocenters. The molecule has 0 aliphatic rings. The molecule has 0 aliphatic heterocycles. The molecular weight excluding hydrogens is 296 g/mol. The molecule has 0 N–H and O–H groups in total. The Hall–Kier alpha value is -0.800. The molecule has 0 radical (unpaired) electrons. The van der Waals surface area contributed by atoms with Gasteiger partial charge in [-0.25, -0.2) is 0 Å². The minimum absolute atomic E-state index is 0.206. The van der Waals surface area contributed by atoms with Crippen LogP contribution in [0.4, 0.5) is 0 Å². The minimum Gasteiger partial charge on any atom is -0.496 e. The highest BCUT2D eigenvalue weighted by Gasteiger charge is 2.18. The number of benzene rings is 1. The minimum atomic E-state index is 0.206. The largest absolute Gasteiger partial charge is 0.496 e. The maximum atomic E-state index is 5.41. The fraction of sp³-hybridized carbons (Fsp3) is 0.286. The van der Waals surface area contributed by atoms with Gasteiger partial charge in [0.05, 0.1) is 11.9 Å². The van der Waals surface area contributed by atoms with Gasteiger partial charge >= 0.3 is 0 Å². The summed E-state index contributed by atoms with van der Waals surface area (Å²) in [5.74, 6) is 0.930. The van der Waals surface area contributed by atoms with E-state index in [1.54, 1.807) is 7.11 Å². The van der Waals surface area contributed by atoms with Crippen LogP contribution in [0.2, 0.25) is 0 Å². The summed E-state index contributed by atoms with van der Waals surface area (Å²) in [6.45, 7) is 4.30. The van der Waals surface area contributed by atoms with Gasteiger partial charge in [0.2, 0.25) is 0 Å². The average molecular weight is 311 g/mol. The molecule has 0 fully saturated rings. The number of hydrogen-bond donors (Lipinski definition) is 0. The van der Waals surface area contributed by atoms with Crippen molar-refractivity contribution in [1.29, 1.82) is 0 Å². The van der Waals surface area contributed by atoms with E-state index in [1.165, 1.54) is 20.9 Å². The molecule has 2 aromatic rings. The van der Waals surface area contributed by atoms with Crippen LogP contribution < -0.4 is 4.74 Å². The SMILES string of the molecule is COc1ccccc1C(Br)c1sc(C)cc1C. The third kappa shape index (κ3) is 2.55. The predicted octanol–water partition coefficient (Wildman–Crippen LogP) is 4.86. The highest BCUT2D eigenvalue weighted by atomic mass is 79.9. The van der Waals surface area contributed by atoms with Crippen molar-refractivity contribution in [3.63, 3.8) is 0 Å². The van der Waals surface area contributed by atoms with Crippen molar-refractivity contribution in [3.05, 3.63) is 51.2 Å². The van der Waals surface area contributed by atoms with Gasteiger partial charge in [-0.2, -0.15) is 0 Å². The molecule has 90 valence electrons. The highest BCUT2D eigenvalue weighted by molar-refractivity contribution is 9.09. The molecule has 1 aromatic heterocycles. The van der Waals surface area contributed by atoms with Gasteiger partial charge in [0.1, 0.15) is 5.75 Å². The van der Waals surface area contributed by atoms with E-state index >= 15 is 0 Å². The monoisotopic (exact) mass is 310 g/mol. The topological polar surface area (TPSA) is 9.23 Å². The van der Waals surface area contributed by atoms with Crippen molar-refractivity contribution < 1.29 is 4.74 Å². The number of hydrogen-bond acceptors (Lipinski definition) is 2. The molecule has 2 rings (SSSR count). The smallest absolute Gasteiger partial charge is 0.123 e. The van der Waals surface area contributed by atoms with Gasteiger partial charge in [-0.05, 0) is 31.5 Å². The third-order valence-corrected chi connectivity index (χ3v) is 5.19. The molecule has 0 amide bonds. The Kier molecular flexibility index (Phi) is 3.89. The zero-order valence-corrected chi connectivity index (χ0v) is 12.6. The second kappa shape index (κ2) is 5.23. The first-order chi connectivity index (χ1) is 8.13. The molecule has 0 spiro atoms.